The molecule has 6 heteroatoms. The van der Waals surface area contributed by atoms with Crippen LogP contribution in [0.3, 0.4) is 0 Å². The van der Waals surface area contributed by atoms with E-state index in [1.807, 2.05) is 6.07 Å². The number of nitrogens with zero attached hydrogens (tertiary/aromatic N) is 3. The maximum absolute atomic E-state index is 13.8. The van der Waals surface area contributed by atoms with Gasteiger partial charge in [0.15, 0.2) is 5.71 Å². The van der Waals surface area contributed by atoms with Crippen molar-refractivity contribution in [1.82, 2.24) is 0 Å². The molecule has 0 N–H and O–H groups in total. The standard InChI is InChI=1S/C19H15F2N3O/c1-3-11-24-16-10-5-4-7-13(16)18(19(24)25)23-22-12(2)17-14(20)8-6-9-15(17)21/h3-10H,1,11H2,2H3/b22-12-,23-18-. The number of hydrogen-bond acceptors (Lipinski definition) is 3. The zero-order valence-electron chi connectivity index (χ0n) is 13.5. The molecule has 0 radical (unpaired) electrons. The molecule has 1 heterocycles. The molecule has 0 spiro atoms. The normalized spacial score (nSPS) is 15.6. The number of benzene rings is 2. The van der Waals surface area contributed by atoms with Gasteiger partial charge in [0.2, 0.25) is 0 Å². The maximum Gasteiger partial charge on any atom is 0.279 e. The van der Waals surface area contributed by atoms with Crippen LogP contribution < -0.4 is 4.90 Å². The molecule has 0 bridgehead atoms. The molecular weight excluding hydrogens is 324 g/mol. The molecule has 2 aromatic rings. The van der Waals surface area contributed by atoms with E-state index >= 15 is 0 Å². The zero-order valence-corrected chi connectivity index (χ0v) is 13.5. The van der Waals surface area contributed by atoms with Crippen LogP contribution in [0.25, 0.3) is 0 Å². The summed E-state index contributed by atoms with van der Waals surface area (Å²) in [7, 11) is 0. The minimum atomic E-state index is -0.729. The molecule has 1 aliphatic rings. The Morgan fingerprint density at radius 3 is 2.52 bits per heavy atom. The predicted octanol–water partition coefficient (Wildman–Crippen LogP) is 3.71. The molecule has 1 aliphatic heterocycles. The van der Waals surface area contributed by atoms with Gasteiger partial charge in [-0.05, 0) is 25.1 Å². The lowest BCUT2D eigenvalue weighted by molar-refractivity contribution is -0.112. The lowest BCUT2D eigenvalue weighted by Crippen LogP contribution is -2.30. The Balaban J connectivity index is 2.04. The first kappa shape index (κ1) is 16.7. The van der Waals surface area contributed by atoms with Crippen molar-refractivity contribution in [1.29, 1.82) is 0 Å². The first-order valence-electron chi connectivity index (χ1n) is 7.63. The highest BCUT2D eigenvalue weighted by atomic mass is 19.1. The Kier molecular flexibility index (Phi) is 4.52. The number of rotatable bonds is 4. The first-order chi connectivity index (χ1) is 12.0. The summed E-state index contributed by atoms with van der Waals surface area (Å²) < 4.78 is 27.6. The van der Waals surface area contributed by atoms with Gasteiger partial charge in [0.1, 0.15) is 11.6 Å². The van der Waals surface area contributed by atoms with Gasteiger partial charge in [-0.3, -0.25) is 4.79 Å². The zero-order chi connectivity index (χ0) is 18.0. The van der Waals surface area contributed by atoms with E-state index in [2.05, 4.69) is 16.8 Å². The number of halogens is 2. The Labute approximate surface area is 143 Å². The van der Waals surface area contributed by atoms with Gasteiger partial charge >= 0.3 is 0 Å². The van der Waals surface area contributed by atoms with Gasteiger partial charge in [0.25, 0.3) is 5.91 Å². The summed E-state index contributed by atoms with van der Waals surface area (Å²) in [4.78, 5) is 14.1. The van der Waals surface area contributed by atoms with Crippen LogP contribution in [0.5, 0.6) is 0 Å². The topological polar surface area (TPSA) is 45.0 Å². The van der Waals surface area contributed by atoms with E-state index in [-0.39, 0.29) is 22.9 Å². The third-order valence-corrected chi connectivity index (χ3v) is 3.83. The second-order valence-electron chi connectivity index (χ2n) is 5.45. The summed E-state index contributed by atoms with van der Waals surface area (Å²) in [5, 5.41) is 7.88. The number of amides is 1. The van der Waals surface area contributed by atoms with Crippen molar-refractivity contribution < 1.29 is 13.6 Å². The average molecular weight is 339 g/mol. The average Bonchev–Trinajstić information content (AvgIpc) is 2.85. The van der Waals surface area contributed by atoms with E-state index in [0.717, 1.165) is 12.1 Å². The fourth-order valence-electron chi connectivity index (χ4n) is 2.69. The molecule has 0 aromatic heterocycles. The quantitative estimate of drug-likeness (QED) is 0.476. The summed E-state index contributed by atoms with van der Waals surface area (Å²) in [6.45, 7) is 5.42. The molecule has 1 amide bonds. The van der Waals surface area contributed by atoms with Crippen LogP contribution in [0.15, 0.2) is 65.3 Å². The van der Waals surface area contributed by atoms with E-state index in [1.165, 1.54) is 17.9 Å². The van der Waals surface area contributed by atoms with E-state index in [0.29, 0.717) is 17.8 Å². The molecule has 0 saturated carbocycles. The van der Waals surface area contributed by atoms with Gasteiger partial charge in [-0.15, -0.1) is 11.7 Å². The molecule has 0 atom stereocenters. The van der Waals surface area contributed by atoms with E-state index in [4.69, 9.17) is 0 Å². The number of carbonyl (C=O) groups excluding carboxylic acids is 1. The van der Waals surface area contributed by atoms with Crippen LogP contribution in [-0.2, 0) is 4.79 Å². The molecule has 2 aromatic carbocycles. The van der Waals surface area contributed by atoms with Crippen LogP contribution in [0, 0.1) is 11.6 Å². The smallest absolute Gasteiger partial charge is 0.279 e. The third-order valence-electron chi connectivity index (χ3n) is 3.83. The summed E-state index contributed by atoms with van der Waals surface area (Å²) >= 11 is 0. The monoisotopic (exact) mass is 339 g/mol. The number of hydrogen-bond donors (Lipinski definition) is 0. The predicted molar refractivity (Wildman–Crippen MR) is 94.1 cm³/mol. The molecular formula is C19H15F2N3O. The Morgan fingerprint density at radius 2 is 1.84 bits per heavy atom. The number of fused-ring (bicyclic) bond motifs is 1. The van der Waals surface area contributed by atoms with Gasteiger partial charge in [0.05, 0.1) is 17.0 Å². The van der Waals surface area contributed by atoms with Crippen molar-refractivity contribution in [3.63, 3.8) is 0 Å². The molecule has 0 saturated heterocycles. The summed E-state index contributed by atoms with van der Waals surface area (Å²) in [6.07, 6.45) is 1.61. The highest BCUT2D eigenvalue weighted by Gasteiger charge is 2.33. The van der Waals surface area contributed by atoms with Crippen LogP contribution >= 0.6 is 0 Å². The Morgan fingerprint density at radius 1 is 1.16 bits per heavy atom. The highest BCUT2D eigenvalue weighted by Crippen LogP contribution is 2.29. The summed E-state index contributed by atoms with van der Waals surface area (Å²) in [6, 6.07) is 10.7. The fraction of sp³-hybridized carbons (Fsp3) is 0.105. The molecule has 126 valence electrons. The maximum atomic E-state index is 13.8. The molecule has 0 unspecified atom stereocenters. The minimum absolute atomic E-state index is 0.0514. The fourth-order valence-corrected chi connectivity index (χ4v) is 2.69. The summed E-state index contributed by atoms with van der Waals surface area (Å²) in [5.74, 6) is -1.78. The van der Waals surface area contributed by atoms with Gasteiger partial charge in [-0.25, -0.2) is 8.78 Å². The number of para-hydroxylation sites is 1. The van der Waals surface area contributed by atoms with Gasteiger partial charge in [-0.1, -0.05) is 30.3 Å². The minimum Gasteiger partial charge on any atom is -0.302 e. The second-order valence-corrected chi connectivity index (χ2v) is 5.45. The first-order valence-corrected chi connectivity index (χ1v) is 7.63. The highest BCUT2D eigenvalue weighted by molar-refractivity contribution is 6.54. The van der Waals surface area contributed by atoms with Crippen LogP contribution in [-0.4, -0.2) is 23.9 Å². The van der Waals surface area contributed by atoms with E-state index in [1.54, 1.807) is 24.3 Å². The van der Waals surface area contributed by atoms with Gasteiger partial charge < -0.3 is 4.90 Å². The molecule has 3 rings (SSSR count). The van der Waals surface area contributed by atoms with Crippen molar-refractivity contribution in [2.45, 2.75) is 6.92 Å². The van der Waals surface area contributed by atoms with Crippen LogP contribution in [0.2, 0.25) is 0 Å². The second kappa shape index (κ2) is 6.76. The molecule has 0 fully saturated rings. The van der Waals surface area contributed by atoms with Crippen molar-refractivity contribution >= 4 is 23.0 Å². The Bertz CT molecular complexity index is 898. The van der Waals surface area contributed by atoms with Gasteiger partial charge in [0, 0.05) is 12.1 Å². The lowest BCUT2D eigenvalue weighted by atomic mass is 10.1. The van der Waals surface area contributed by atoms with Crippen molar-refractivity contribution in [3.8, 4) is 0 Å². The molecule has 4 nitrogen and oxygen atoms in total. The SMILES string of the molecule is C=CCN1C(=O)/C(=N\N=C(\C)c2c(F)cccc2F)c2ccccc21. The number of carbonyl (C=O) groups is 1. The van der Waals surface area contributed by atoms with E-state index < -0.39 is 11.6 Å². The van der Waals surface area contributed by atoms with Crippen LogP contribution in [0.1, 0.15) is 18.1 Å². The van der Waals surface area contributed by atoms with Gasteiger partial charge in [-0.2, -0.15) is 5.10 Å². The summed E-state index contributed by atoms with van der Waals surface area (Å²) in [5.41, 5.74) is 1.26. The largest absolute Gasteiger partial charge is 0.302 e. The van der Waals surface area contributed by atoms with Crippen molar-refractivity contribution in [2.24, 2.45) is 10.2 Å². The van der Waals surface area contributed by atoms with Crippen molar-refractivity contribution in [2.75, 3.05) is 11.4 Å². The molecule has 25 heavy (non-hydrogen) atoms. The third kappa shape index (κ3) is 2.98. The van der Waals surface area contributed by atoms with E-state index in [9.17, 15) is 13.6 Å². The van der Waals surface area contributed by atoms with Crippen LogP contribution in [0.4, 0.5) is 14.5 Å². The molecule has 0 aliphatic carbocycles. The Hall–Kier alpha value is -3.15. The lowest BCUT2D eigenvalue weighted by Gasteiger charge is -2.13. The number of anilines is 1. The van der Waals surface area contributed by atoms with Crippen molar-refractivity contribution in [3.05, 3.63) is 77.9 Å².